The number of halogens is 1. The molecule has 0 aromatic carbocycles. The molecule has 1 aliphatic heterocycles. The molecule has 1 aromatic rings. The minimum Gasteiger partial charge on any atom is -0.379 e. The third-order valence-electron chi connectivity index (χ3n) is 3.13. The molecule has 1 fully saturated rings. The predicted molar refractivity (Wildman–Crippen MR) is 67.8 cm³/mol. The van der Waals surface area contributed by atoms with Gasteiger partial charge in [0.2, 0.25) is 0 Å². The van der Waals surface area contributed by atoms with Gasteiger partial charge in [0.25, 0.3) is 0 Å². The first-order valence-corrected chi connectivity index (χ1v) is 6.37. The van der Waals surface area contributed by atoms with E-state index < -0.39 is 0 Å². The number of hydrogen-bond donors (Lipinski definition) is 1. The van der Waals surface area contributed by atoms with E-state index in [4.69, 9.17) is 4.74 Å². The monoisotopic (exact) mass is 253 g/mol. The van der Waals surface area contributed by atoms with Gasteiger partial charge in [-0.15, -0.1) is 0 Å². The molecule has 1 saturated heterocycles. The topological polar surface area (TPSA) is 37.4 Å². The summed E-state index contributed by atoms with van der Waals surface area (Å²) >= 11 is 0. The summed E-state index contributed by atoms with van der Waals surface area (Å²) in [6, 6.07) is 2.04. The number of nitrogens with one attached hydrogen (secondary N) is 1. The lowest BCUT2D eigenvalue weighted by molar-refractivity contribution is 0.0343. The van der Waals surface area contributed by atoms with Gasteiger partial charge >= 0.3 is 0 Å². The Morgan fingerprint density at radius 2 is 2.28 bits per heavy atom. The summed E-state index contributed by atoms with van der Waals surface area (Å²) in [6.45, 7) is 7.22. The molecule has 100 valence electrons. The summed E-state index contributed by atoms with van der Waals surface area (Å²) in [4.78, 5) is 6.11. The van der Waals surface area contributed by atoms with Crippen LogP contribution in [0.5, 0.6) is 0 Å². The summed E-state index contributed by atoms with van der Waals surface area (Å²) in [5.41, 5.74) is 0.666. The lowest BCUT2D eigenvalue weighted by Gasteiger charge is -2.29. The molecule has 4 nitrogen and oxygen atoms in total. The number of morpholine rings is 1. The summed E-state index contributed by atoms with van der Waals surface area (Å²) < 4.78 is 18.7. The van der Waals surface area contributed by atoms with E-state index in [1.54, 1.807) is 12.3 Å². The molecular weight excluding hydrogens is 233 g/mol. The third kappa shape index (κ3) is 4.01. The van der Waals surface area contributed by atoms with Crippen molar-refractivity contribution < 1.29 is 9.13 Å². The number of hydrogen-bond acceptors (Lipinski definition) is 4. The normalized spacial score (nSPS) is 18.8. The lowest BCUT2D eigenvalue weighted by Crippen LogP contribution is -2.44. The Hall–Kier alpha value is -1.04. The maximum atomic E-state index is 13.4. The van der Waals surface area contributed by atoms with Gasteiger partial charge in [-0.1, -0.05) is 0 Å². The van der Waals surface area contributed by atoms with Crippen LogP contribution in [0.4, 0.5) is 4.39 Å². The summed E-state index contributed by atoms with van der Waals surface area (Å²) in [7, 11) is 0. The van der Waals surface area contributed by atoms with E-state index in [2.05, 4.69) is 22.1 Å². The van der Waals surface area contributed by atoms with E-state index in [1.165, 1.54) is 6.20 Å². The first-order valence-electron chi connectivity index (χ1n) is 6.37. The summed E-state index contributed by atoms with van der Waals surface area (Å²) in [6.07, 6.45) is 2.87. The van der Waals surface area contributed by atoms with Crippen LogP contribution in [0.2, 0.25) is 0 Å². The lowest BCUT2D eigenvalue weighted by atomic mass is 10.2. The maximum absolute atomic E-state index is 13.4. The number of ether oxygens (including phenoxy) is 1. The van der Waals surface area contributed by atoms with Crippen LogP contribution in [0.15, 0.2) is 18.5 Å². The van der Waals surface area contributed by atoms with Crippen molar-refractivity contribution in [3.8, 4) is 0 Å². The Kier molecular flexibility index (Phi) is 5.04. The third-order valence-corrected chi connectivity index (χ3v) is 3.13. The Morgan fingerprint density at radius 3 is 3.00 bits per heavy atom. The average Bonchev–Trinajstić information content (AvgIpc) is 2.39. The van der Waals surface area contributed by atoms with Crippen molar-refractivity contribution in [2.24, 2.45) is 0 Å². The van der Waals surface area contributed by atoms with Gasteiger partial charge in [0.15, 0.2) is 0 Å². The zero-order valence-corrected chi connectivity index (χ0v) is 10.7. The van der Waals surface area contributed by atoms with Gasteiger partial charge in [0.1, 0.15) is 5.82 Å². The summed E-state index contributed by atoms with van der Waals surface area (Å²) in [5.74, 6) is -0.247. The van der Waals surface area contributed by atoms with Gasteiger partial charge in [0.05, 0.1) is 19.4 Å². The molecule has 0 radical (unpaired) electrons. The Balaban J connectivity index is 1.74. The van der Waals surface area contributed by atoms with E-state index in [0.717, 1.165) is 32.8 Å². The quantitative estimate of drug-likeness (QED) is 0.850. The van der Waals surface area contributed by atoms with Crippen molar-refractivity contribution in [2.75, 3.05) is 32.8 Å². The largest absolute Gasteiger partial charge is 0.379 e. The molecule has 0 spiro atoms. The van der Waals surface area contributed by atoms with Crippen LogP contribution in [0.25, 0.3) is 0 Å². The molecule has 2 heterocycles. The van der Waals surface area contributed by atoms with Gasteiger partial charge in [0, 0.05) is 44.0 Å². The SMILES string of the molecule is CC(CN1CCOCC1)NCc1ccncc1F. The first-order chi connectivity index (χ1) is 8.75. The van der Waals surface area contributed by atoms with Crippen LogP contribution >= 0.6 is 0 Å². The molecule has 5 heteroatoms. The van der Waals surface area contributed by atoms with Crippen molar-refractivity contribution in [3.05, 3.63) is 29.8 Å². The van der Waals surface area contributed by atoms with Crippen molar-refractivity contribution in [1.82, 2.24) is 15.2 Å². The second-order valence-corrected chi connectivity index (χ2v) is 4.66. The average molecular weight is 253 g/mol. The van der Waals surface area contributed by atoms with E-state index in [0.29, 0.717) is 18.2 Å². The van der Waals surface area contributed by atoms with Crippen molar-refractivity contribution in [3.63, 3.8) is 0 Å². The minimum atomic E-state index is -0.247. The van der Waals surface area contributed by atoms with Gasteiger partial charge in [-0.25, -0.2) is 4.39 Å². The molecule has 1 unspecified atom stereocenters. The van der Waals surface area contributed by atoms with Crippen molar-refractivity contribution in [2.45, 2.75) is 19.5 Å². The van der Waals surface area contributed by atoms with Crippen molar-refractivity contribution >= 4 is 0 Å². The Morgan fingerprint density at radius 1 is 1.50 bits per heavy atom. The standard InChI is InChI=1S/C13H20FN3O/c1-11(10-17-4-6-18-7-5-17)16-8-12-2-3-15-9-13(12)14/h2-3,9,11,16H,4-8,10H2,1H3. The molecule has 0 bridgehead atoms. The second kappa shape index (κ2) is 6.78. The molecule has 18 heavy (non-hydrogen) atoms. The second-order valence-electron chi connectivity index (χ2n) is 4.66. The smallest absolute Gasteiger partial charge is 0.145 e. The highest BCUT2D eigenvalue weighted by molar-refractivity contribution is 5.12. The van der Waals surface area contributed by atoms with Crippen LogP contribution in [-0.4, -0.2) is 48.8 Å². The molecule has 0 aliphatic carbocycles. The highest BCUT2D eigenvalue weighted by atomic mass is 19.1. The van der Waals surface area contributed by atoms with Crippen LogP contribution < -0.4 is 5.32 Å². The maximum Gasteiger partial charge on any atom is 0.145 e. The zero-order chi connectivity index (χ0) is 12.8. The number of pyridine rings is 1. The number of aromatic nitrogens is 1. The molecule has 1 atom stereocenters. The van der Waals surface area contributed by atoms with Gasteiger partial charge in [-0.05, 0) is 13.0 Å². The highest BCUT2D eigenvalue weighted by Crippen LogP contribution is 2.05. The van der Waals surface area contributed by atoms with E-state index >= 15 is 0 Å². The minimum absolute atomic E-state index is 0.247. The molecule has 0 saturated carbocycles. The van der Waals surface area contributed by atoms with Crippen LogP contribution in [-0.2, 0) is 11.3 Å². The Labute approximate surface area is 107 Å². The molecule has 1 aliphatic rings. The van der Waals surface area contributed by atoms with E-state index in [-0.39, 0.29) is 5.82 Å². The van der Waals surface area contributed by atoms with E-state index in [9.17, 15) is 4.39 Å². The summed E-state index contributed by atoms with van der Waals surface area (Å²) in [5, 5.41) is 3.34. The van der Waals surface area contributed by atoms with Gasteiger partial charge in [-0.2, -0.15) is 0 Å². The fraction of sp³-hybridized carbons (Fsp3) is 0.615. The van der Waals surface area contributed by atoms with E-state index in [1.807, 2.05) is 0 Å². The Bertz CT molecular complexity index is 369. The van der Waals surface area contributed by atoms with Crippen LogP contribution in [0.1, 0.15) is 12.5 Å². The van der Waals surface area contributed by atoms with Crippen molar-refractivity contribution in [1.29, 1.82) is 0 Å². The van der Waals surface area contributed by atoms with Gasteiger partial charge < -0.3 is 10.1 Å². The van der Waals surface area contributed by atoms with Crippen LogP contribution in [0.3, 0.4) is 0 Å². The molecule has 1 N–H and O–H groups in total. The van der Waals surface area contributed by atoms with Crippen LogP contribution in [0, 0.1) is 5.82 Å². The van der Waals surface area contributed by atoms with Gasteiger partial charge in [-0.3, -0.25) is 9.88 Å². The molecule has 2 rings (SSSR count). The zero-order valence-electron chi connectivity index (χ0n) is 10.7. The molecule has 0 amide bonds. The predicted octanol–water partition coefficient (Wildman–Crippen LogP) is 1.03. The first kappa shape index (κ1) is 13.4. The molecular formula is C13H20FN3O. The highest BCUT2D eigenvalue weighted by Gasteiger charge is 2.13. The fourth-order valence-corrected chi connectivity index (χ4v) is 2.07. The number of rotatable bonds is 5. The fourth-order valence-electron chi connectivity index (χ4n) is 2.07. The molecule has 1 aromatic heterocycles. The number of nitrogens with zero attached hydrogens (tertiary/aromatic N) is 2.